The van der Waals surface area contributed by atoms with Crippen molar-refractivity contribution in [3.8, 4) is 22.5 Å². The lowest BCUT2D eigenvalue weighted by molar-refractivity contribution is 0.108. The summed E-state index contributed by atoms with van der Waals surface area (Å²) in [6.07, 6.45) is 7.19. The number of hydrogen-bond donors (Lipinski definition) is 2. The van der Waals surface area contributed by atoms with Crippen LogP contribution in [-0.4, -0.2) is 35.8 Å². The SMILES string of the molecule is C[C@@H](OC(=O)Nc1ccc(-c2c(N)c3ccc(-c4cc(N(C)C)ccn4)cc3n2C2CCC2)cc1)C1CC1. The molecule has 7 nitrogen and oxygen atoms in total. The van der Waals surface area contributed by atoms with Crippen molar-refractivity contribution in [3.05, 3.63) is 60.8 Å². The van der Waals surface area contributed by atoms with Gasteiger partial charge in [-0.05, 0) is 75.3 Å². The Hall–Kier alpha value is -4.00. The first-order valence-corrected chi connectivity index (χ1v) is 13.5. The third-order valence-corrected chi connectivity index (χ3v) is 8.02. The maximum Gasteiger partial charge on any atom is 0.411 e. The zero-order valence-corrected chi connectivity index (χ0v) is 22.3. The standard InChI is InChI=1S/C31H35N5O2/c1-19(20-7-8-20)38-31(37)34-23-12-9-21(10-13-23)30-29(32)26-14-11-22(17-28(26)36(30)24-5-4-6-24)27-18-25(35(2)3)15-16-33-27/h9-20,24H,4-8,32H2,1-3H3,(H,34,37)/t19-/m1/s1. The minimum atomic E-state index is -0.403. The smallest absolute Gasteiger partial charge is 0.411 e. The molecular weight excluding hydrogens is 474 g/mol. The number of nitrogens with two attached hydrogens (primary N) is 1. The number of carbonyl (C=O) groups is 1. The van der Waals surface area contributed by atoms with Crippen molar-refractivity contribution in [2.24, 2.45) is 5.92 Å². The van der Waals surface area contributed by atoms with Crippen molar-refractivity contribution >= 4 is 34.1 Å². The maximum absolute atomic E-state index is 12.3. The monoisotopic (exact) mass is 509 g/mol. The van der Waals surface area contributed by atoms with E-state index in [-0.39, 0.29) is 6.10 Å². The van der Waals surface area contributed by atoms with E-state index < -0.39 is 6.09 Å². The van der Waals surface area contributed by atoms with Crippen molar-refractivity contribution < 1.29 is 9.53 Å². The van der Waals surface area contributed by atoms with Gasteiger partial charge in [0.1, 0.15) is 6.10 Å². The molecule has 2 aliphatic carbocycles. The second-order valence-electron chi connectivity index (χ2n) is 10.9. The van der Waals surface area contributed by atoms with Crippen LogP contribution in [0.15, 0.2) is 60.8 Å². The van der Waals surface area contributed by atoms with Crippen molar-refractivity contribution in [1.82, 2.24) is 9.55 Å². The molecule has 7 heteroatoms. The highest BCUT2D eigenvalue weighted by Crippen LogP contribution is 2.45. The Bertz CT molecular complexity index is 1480. The summed E-state index contributed by atoms with van der Waals surface area (Å²) in [6, 6.07) is 18.9. The number of hydrogen-bond acceptors (Lipinski definition) is 5. The second-order valence-corrected chi connectivity index (χ2v) is 10.9. The largest absolute Gasteiger partial charge is 0.446 e. The molecule has 3 N–H and O–H groups in total. The average molecular weight is 510 g/mol. The summed E-state index contributed by atoms with van der Waals surface area (Å²) >= 11 is 0. The Labute approximate surface area is 223 Å². The highest BCUT2D eigenvalue weighted by Gasteiger charge is 2.31. The molecule has 6 rings (SSSR count). The normalized spacial score (nSPS) is 16.2. The first kappa shape index (κ1) is 24.3. The second kappa shape index (κ2) is 9.71. The fraction of sp³-hybridized carbons (Fsp3) is 0.355. The molecule has 0 radical (unpaired) electrons. The number of pyridine rings is 1. The lowest BCUT2D eigenvalue weighted by Gasteiger charge is -2.30. The van der Waals surface area contributed by atoms with Crippen LogP contribution in [0.1, 0.15) is 45.1 Å². The zero-order valence-electron chi connectivity index (χ0n) is 22.3. The molecule has 1 atom stereocenters. The zero-order chi connectivity index (χ0) is 26.4. The Morgan fingerprint density at radius 2 is 1.79 bits per heavy atom. The molecule has 2 saturated carbocycles. The summed E-state index contributed by atoms with van der Waals surface area (Å²) in [5, 5.41) is 3.92. The summed E-state index contributed by atoms with van der Waals surface area (Å²) in [7, 11) is 4.07. The van der Waals surface area contributed by atoms with Gasteiger partial charge in [-0.1, -0.05) is 24.3 Å². The molecule has 2 aromatic heterocycles. The number of nitrogen functional groups attached to an aromatic ring is 1. The molecule has 0 bridgehead atoms. The van der Waals surface area contributed by atoms with E-state index in [4.69, 9.17) is 10.5 Å². The minimum Gasteiger partial charge on any atom is -0.446 e. The van der Waals surface area contributed by atoms with Crippen LogP contribution < -0.4 is 16.0 Å². The van der Waals surface area contributed by atoms with E-state index in [1.807, 2.05) is 57.5 Å². The summed E-state index contributed by atoms with van der Waals surface area (Å²) < 4.78 is 7.93. The molecule has 0 aliphatic heterocycles. The van der Waals surface area contributed by atoms with Crippen LogP contribution in [0.5, 0.6) is 0 Å². The molecule has 2 aromatic carbocycles. The number of rotatable bonds is 7. The fourth-order valence-corrected chi connectivity index (χ4v) is 5.36. The van der Waals surface area contributed by atoms with Crippen molar-refractivity contribution in [1.29, 1.82) is 0 Å². The van der Waals surface area contributed by atoms with Crippen LogP contribution in [0.4, 0.5) is 21.9 Å². The van der Waals surface area contributed by atoms with Crippen molar-refractivity contribution in [2.75, 3.05) is 30.0 Å². The third-order valence-electron chi connectivity index (χ3n) is 8.02. The highest BCUT2D eigenvalue weighted by atomic mass is 16.6. The number of ether oxygens (including phenoxy) is 1. The number of nitrogens with one attached hydrogen (secondary N) is 1. The van der Waals surface area contributed by atoms with E-state index in [9.17, 15) is 4.79 Å². The van der Waals surface area contributed by atoms with Crippen molar-refractivity contribution in [2.45, 2.75) is 51.2 Å². The number of carbonyl (C=O) groups excluding carboxylic acids is 1. The Balaban J connectivity index is 1.34. The van der Waals surface area contributed by atoms with Gasteiger partial charge in [0.25, 0.3) is 0 Å². The molecular formula is C31H35N5O2. The van der Waals surface area contributed by atoms with Gasteiger partial charge in [-0.2, -0.15) is 0 Å². The van der Waals surface area contributed by atoms with E-state index >= 15 is 0 Å². The first-order valence-electron chi connectivity index (χ1n) is 13.5. The maximum atomic E-state index is 12.3. The summed E-state index contributed by atoms with van der Waals surface area (Å²) in [4.78, 5) is 19.0. The predicted octanol–water partition coefficient (Wildman–Crippen LogP) is 7.09. The fourth-order valence-electron chi connectivity index (χ4n) is 5.36. The molecule has 2 fully saturated rings. The van der Waals surface area contributed by atoms with Gasteiger partial charge in [0.2, 0.25) is 0 Å². The van der Waals surface area contributed by atoms with Gasteiger partial charge >= 0.3 is 6.09 Å². The van der Waals surface area contributed by atoms with E-state index in [1.54, 1.807) is 0 Å². The number of fused-ring (bicyclic) bond motifs is 1. The number of amides is 1. The molecule has 0 saturated heterocycles. The highest BCUT2D eigenvalue weighted by molar-refractivity contribution is 6.02. The first-order chi connectivity index (χ1) is 18.4. The number of anilines is 3. The van der Waals surface area contributed by atoms with E-state index in [0.29, 0.717) is 17.6 Å². The van der Waals surface area contributed by atoms with Gasteiger partial charge in [0.05, 0.1) is 22.6 Å². The van der Waals surface area contributed by atoms with Crippen LogP contribution in [-0.2, 0) is 4.74 Å². The third kappa shape index (κ3) is 4.57. The number of benzene rings is 2. The van der Waals surface area contributed by atoms with E-state index in [0.717, 1.165) is 70.5 Å². The molecule has 2 aliphatic rings. The van der Waals surface area contributed by atoms with Gasteiger partial charge in [0.15, 0.2) is 0 Å². The molecule has 4 aromatic rings. The molecule has 1 amide bonds. The molecule has 0 unspecified atom stereocenters. The van der Waals surface area contributed by atoms with Gasteiger partial charge < -0.3 is 19.9 Å². The van der Waals surface area contributed by atoms with Gasteiger partial charge in [-0.15, -0.1) is 0 Å². The number of nitrogens with zero attached hydrogens (tertiary/aromatic N) is 3. The average Bonchev–Trinajstić information content (AvgIpc) is 3.70. The molecule has 196 valence electrons. The lowest BCUT2D eigenvalue weighted by atomic mass is 9.92. The van der Waals surface area contributed by atoms with E-state index in [2.05, 4.69) is 44.0 Å². The van der Waals surface area contributed by atoms with Crippen LogP contribution in [0.3, 0.4) is 0 Å². The van der Waals surface area contributed by atoms with Crippen LogP contribution in [0, 0.1) is 5.92 Å². The summed E-state index contributed by atoms with van der Waals surface area (Å²) in [5.74, 6) is 0.507. The van der Waals surface area contributed by atoms with Gasteiger partial charge in [0, 0.05) is 54.2 Å². The topological polar surface area (TPSA) is 85.4 Å². The lowest BCUT2D eigenvalue weighted by Crippen LogP contribution is -2.21. The molecule has 38 heavy (non-hydrogen) atoms. The van der Waals surface area contributed by atoms with Gasteiger partial charge in [-0.3, -0.25) is 10.3 Å². The van der Waals surface area contributed by atoms with Gasteiger partial charge in [-0.25, -0.2) is 4.79 Å². The molecule has 2 heterocycles. The quantitative estimate of drug-likeness (QED) is 0.278. The van der Waals surface area contributed by atoms with Crippen LogP contribution in [0.2, 0.25) is 0 Å². The minimum absolute atomic E-state index is 0.0438. The Kier molecular flexibility index (Phi) is 6.22. The van der Waals surface area contributed by atoms with Crippen LogP contribution >= 0.6 is 0 Å². The Morgan fingerprint density at radius 1 is 1.05 bits per heavy atom. The van der Waals surface area contributed by atoms with Crippen LogP contribution in [0.25, 0.3) is 33.4 Å². The van der Waals surface area contributed by atoms with Crippen molar-refractivity contribution in [3.63, 3.8) is 0 Å². The van der Waals surface area contributed by atoms with E-state index in [1.165, 1.54) is 6.42 Å². The Morgan fingerprint density at radius 3 is 2.45 bits per heavy atom. The predicted molar refractivity (Wildman–Crippen MR) is 155 cm³/mol. The molecule has 0 spiro atoms. The summed E-state index contributed by atoms with van der Waals surface area (Å²) in [6.45, 7) is 1.96. The summed E-state index contributed by atoms with van der Waals surface area (Å²) in [5.41, 5.74) is 14.6. The number of aromatic nitrogens is 2.